The van der Waals surface area contributed by atoms with E-state index in [0.29, 0.717) is 24.3 Å². The van der Waals surface area contributed by atoms with Crippen molar-refractivity contribution in [1.82, 2.24) is 29.9 Å². The van der Waals surface area contributed by atoms with E-state index in [0.717, 1.165) is 40.5 Å². The molecule has 36 heavy (non-hydrogen) atoms. The van der Waals surface area contributed by atoms with Gasteiger partial charge in [-0.2, -0.15) is 4.98 Å². The van der Waals surface area contributed by atoms with Gasteiger partial charge in [-0.1, -0.05) is 6.07 Å². The number of methoxy groups -OCH3 is 1. The molecule has 10 nitrogen and oxygen atoms in total. The molecule has 3 heterocycles. The summed E-state index contributed by atoms with van der Waals surface area (Å²) < 4.78 is 12.8. The molecule has 5 rings (SSSR count). The molecule has 0 radical (unpaired) electrons. The maximum Gasteiger partial charge on any atom is 0.408 e. The SMILES string of the molecule is COc1nc(NCC2CC(C)(NC(=O)OC(C)(C)C)C2)nn2ccc(-c3ccc4nccnc4c3)c12. The van der Waals surface area contributed by atoms with Crippen molar-refractivity contribution in [1.29, 1.82) is 0 Å². The minimum absolute atomic E-state index is 0.267. The molecule has 0 unspecified atom stereocenters. The molecule has 0 atom stereocenters. The van der Waals surface area contributed by atoms with Gasteiger partial charge in [0.2, 0.25) is 11.8 Å². The van der Waals surface area contributed by atoms with E-state index in [1.54, 1.807) is 24.0 Å². The lowest BCUT2D eigenvalue weighted by atomic mass is 9.69. The fraction of sp³-hybridized carbons (Fsp3) is 0.423. The first-order chi connectivity index (χ1) is 17.1. The Balaban J connectivity index is 1.27. The molecular formula is C26H31N7O3. The van der Waals surface area contributed by atoms with E-state index < -0.39 is 5.60 Å². The standard InChI is InChI=1S/C26H31N7O3/c1-25(2,3)36-24(34)31-26(4)13-16(14-26)15-29-23-30-22(35-5)21-18(8-11-33(21)32-23)17-6-7-19-20(12-17)28-10-9-27-19/h6-12,16H,13-15H2,1-5H3,(H,29,32)(H,31,34). The molecule has 1 aliphatic carbocycles. The summed E-state index contributed by atoms with van der Waals surface area (Å²) in [5.74, 6) is 1.35. The Morgan fingerprint density at radius 1 is 1.17 bits per heavy atom. The fourth-order valence-corrected chi connectivity index (χ4v) is 4.82. The molecule has 0 bridgehead atoms. The zero-order chi connectivity index (χ0) is 25.5. The minimum Gasteiger partial charge on any atom is -0.479 e. The average Bonchev–Trinajstić information content (AvgIpc) is 3.23. The minimum atomic E-state index is -0.513. The average molecular weight is 490 g/mol. The molecule has 1 aromatic carbocycles. The number of amides is 1. The first-order valence-electron chi connectivity index (χ1n) is 12.0. The number of aromatic nitrogens is 5. The first kappa shape index (κ1) is 23.8. The summed E-state index contributed by atoms with van der Waals surface area (Å²) >= 11 is 0. The normalized spacial score (nSPS) is 19.6. The summed E-state index contributed by atoms with van der Waals surface area (Å²) in [6.07, 6.45) is 6.57. The molecule has 3 aromatic heterocycles. The number of fused-ring (bicyclic) bond motifs is 2. The molecule has 1 fully saturated rings. The number of hydrogen-bond donors (Lipinski definition) is 2. The van der Waals surface area contributed by atoms with Crippen molar-refractivity contribution in [3.63, 3.8) is 0 Å². The zero-order valence-electron chi connectivity index (χ0n) is 21.2. The van der Waals surface area contributed by atoms with Crippen molar-refractivity contribution < 1.29 is 14.3 Å². The Bertz CT molecular complexity index is 1420. The Morgan fingerprint density at radius 3 is 2.64 bits per heavy atom. The topological polar surface area (TPSA) is 116 Å². The highest BCUT2D eigenvalue weighted by Crippen LogP contribution is 2.38. The van der Waals surface area contributed by atoms with Crippen molar-refractivity contribution in [2.45, 2.75) is 51.7 Å². The van der Waals surface area contributed by atoms with Crippen molar-refractivity contribution >= 4 is 28.6 Å². The van der Waals surface area contributed by atoms with Gasteiger partial charge in [0.25, 0.3) is 0 Å². The number of carbonyl (C=O) groups excluding carboxylic acids is 1. The summed E-state index contributed by atoms with van der Waals surface area (Å²) in [7, 11) is 1.61. The number of carbonyl (C=O) groups is 1. The third-order valence-electron chi connectivity index (χ3n) is 6.28. The van der Waals surface area contributed by atoms with Crippen LogP contribution in [0.4, 0.5) is 10.7 Å². The van der Waals surface area contributed by atoms with Crippen LogP contribution in [0.3, 0.4) is 0 Å². The Hall–Kier alpha value is -3.95. The second kappa shape index (κ2) is 8.92. The highest BCUT2D eigenvalue weighted by Gasteiger charge is 2.42. The fourth-order valence-electron chi connectivity index (χ4n) is 4.82. The predicted octanol–water partition coefficient (Wildman–Crippen LogP) is 4.45. The monoisotopic (exact) mass is 489 g/mol. The highest BCUT2D eigenvalue weighted by atomic mass is 16.6. The third kappa shape index (κ3) is 4.89. The van der Waals surface area contributed by atoms with Gasteiger partial charge >= 0.3 is 6.09 Å². The smallest absolute Gasteiger partial charge is 0.408 e. The third-order valence-corrected chi connectivity index (χ3v) is 6.28. The van der Waals surface area contributed by atoms with Gasteiger partial charge in [-0.3, -0.25) is 9.97 Å². The molecule has 1 saturated carbocycles. The zero-order valence-corrected chi connectivity index (χ0v) is 21.2. The van der Waals surface area contributed by atoms with Gasteiger partial charge in [-0.05, 0) is 70.2 Å². The van der Waals surface area contributed by atoms with E-state index in [2.05, 4.69) is 30.7 Å². The van der Waals surface area contributed by atoms with Crippen LogP contribution in [0.2, 0.25) is 0 Å². The van der Waals surface area contributed by atoms with Crippen molar-refractivity contribution in [2.75, 3.05) is 19.0 Å². The molecule has 0 saturated heterocycles. The Morgan fingerprint density at radius 2 is 1.92 bits per heavy atom. The summed E-state index contributed by atoms with van der Waals surface area (Å²) in [6, 6.07) is 7.96. The summed E-state index contributed by atoms with van der Waals surface area (Å²) in [4.78, 5) is 25.5. The van der Waals surface area contributed by atoms with E-state index in [4.69, 9.17) is 9.47 Å². The predicted molar refractivity (Wildman–Crippen MR) is 137 cm³/mol. The molecule has 2 N–H and O–H groups in total. The number of benzene rings is 1. The molecule has 1 aliphatic rings. The molecule has 10 heteroatoms. The quantitative estimate of drug-likeness (QED) is 0.408. The van der Waals surface area contributed by atoms with E-state index in [1.807, 2.05) is 58.2 Å². The van der Waals surface area contributed by atoms with Gasteiger partial charge in [0.05, 0.1) is 18.1 Å². The highest BCUT2D eigenvalue weighted by molar-refractivity contribution is 5.89. The number of rotatable bonds is 6. The van der Waals surface area contributed by atoms with Crippen LogP contribution in [0, 0.1) is 5.92 Å². The van der Waals surface area contributed by atoms with Crippen molar-refractivity contribution in [3.8, 4) is 17.0 Å². The summed E-state index contributed by atoms with van der Waals surface area (Å²) in [5, 5.41) is 11.0. The largest absolute Gasteiger partial charge is 0.479 e. The van der Waals surface area contributed by atoms with Gasteiger partial charge in [-0.15, -0.1) is 5.10 Å². The van der Waals surface area contributed by atoms with Gasteiger partial charge in [-0.25, -0.2) is 9.31 Å². The van der Waals surface area contributed by atoms with Crippen LogP contribution < -0.4 is 15.4 Å². The number of alkyl carbamates (subject to hydrolysis) is 1. The molecule has 1 amide bonds. The molecule has 0 spiro atoms. The molecular weight excluding hydrogens is 458 g/mol. The van der Waals surface area contributed by atoms with E-state index in [1.165, 1.54) is 0 Å². The molecule has 188 valence electrons. The second-order valence-corrected chi connectivity index (χ2v) is 10.6. The van der Waals surface area contributed by atoms with Crippen LogP contribution >= 0.6 is 0 Å². The van der Waals surface area contributed by atoms with Gasteiger partial charge in [0, 0.05) is 36.2 Å². The number of ether oxygens (including phenoxy) is 2. The summed E-state index contributed by atoms with van der Waals surface area (Å²) in [6.45, 7) is 8.31. The van der Waals surface area contributed by atoms with Crippen molar-refractivity contribution in [2.24, 2.45) is 5.92 Å². The lowest BCUT2D eigenvalue weighted by Gasteiger charge is -2.45. The number of anilines is 1. The van der Waals surface area contributed by atoms with Crippen LogP contribution in [0.15, 0.2) is 42.9 Å². The van der Waals surface area contributed by atoms with Gasteiger partial charge < -0.3 is 20.1 Å². The lowest BCUT2D eigenvalue weighted by molar-refractivity contribution is 0.0338. The Kier molecular flexibility index (Phi) is 5.89. The second-order valence-electron chi connectivity index (χ2n) is 10.6. The first-order valence-corrected chi connectivity index (χ1v) is 12.0. The van der Waals surface area contributed by atoms with Crippen LogP contribution in [0.5, 0.6) is 5.88 Å². The lowest BCUT2D eigenvalue weighted by Crippen LogP contribution is -2.57. The molecule has 4 aromatic rings. The van der Waals surface area contributed by atoms with E-state index >= 15 is 0 Å². The van der Waals surface area contributed by atoms with Crippen LogP contribution in [-0.2, 0) is 4.74 Å². The number of nitrogens with one attached hydrogen (secondary N) is 2. The van der Waals surface area contributed by atoms with Gasteiger partial charge in [0.15, 0.2) is 0 Å². The van der Waals surface area contributed by atoms with Gasteiger partial charge in [0.1, 0.15) is 11.1 Å². The van der Waals surface area contributed by atoms with Crippen LogP contribution in [0.25, 0.3) is 27.7 Å². The Labute approximate surface area is 209 Å². The van der Waals surface area contributed by atoms with Crippen LogP contribution in [-0.4, -0.2) is 55.5 Å². The maximum absolute atomic E-state index is 12.1. The van der Waals surface area contributed by atoms with E-state index in [9.17, 15) is 4.79 Å². The summed E-state index contributed by atoms with van der Waals surface area (Å²) in [5.41, 5.74) is 3.60. The van der Waals surface area contributed by atoms with Crippen molar-refractivity contribution in [3.05, 3.63) is 42.9 Å². The molecule has 0 aliphatic heterocycles. The number of hydrogen-bond acceptors (Lipinski definition) is 8. The maximum atomic E-state index is 12.1. The number of nitrogens with zero attached hydrogens (tertiary/aromatic N) is 5. The van der Waals surface area contributed by atoms with E-state index in [-0.39, 0.29) is 11.6 Å². The van der Waals surface area contributed by atoms with Crippen LogP contribution in [0.1, 0.15) is 40.5 Å².